The zero-order chi connectivity index (χ0) is 26.5. The van der Waals surface area contributed by atoms with Crippen molar-refractivity contribution in [3.05, 3.63) is 30.1 Å². The van der Waals surface area contributed by atoms with Crippen LogP contribution in [0.25, 0.3) is 0 Å². The summed E-state index contributed by atoms with van der Waals surface area (Å²) in [5, 5.41) is 0. The summed E-state index contributed by atoms with van der Waals surface area (Å²) in [5.74, 6) is -2.13. The van der Waals surface area contributed by atoms with E-state index in [0.717, 1.165) is 19.3 Å². The van der Waals surface area contributed by atoms with Gasteiger partial charge in [-0.05, 0) is 31.4 Å². The molecular formula is C31H51FO4. The lowest BCUT2D eigenvalue weighted by atomic mass is 9.82. The highest BCUT2D eigenvalue weighted by atomic mass is 19.1. The van der Waals surface area contributed by atoms with Crippen LogP contribution in [-0.2, 0) is 14.3 Å². The fourth-order valence-corrected chi connectivity index (χ4v) is 4.59. The molecule has 0 aliphatic heterocycles. The molecule has 0 aromatic heterocycles. The van der Waals surface area contributed by atoms with E-state index < -0.39 is 23.2 Å². The van der Waals surface area contributed by atoms with Crippen molar-refractivity contribution in [1.82, 2.24) is 0 Å². The first-order valence-electron chi connectivity index (χ1n) is 14.7. The van der Waals surface area contributed by atoms with Gasteiger partial charge in [-0.3, -0.25) is 9.59 Å². The minimum absolute atomic E-state index is 0.167. The van der Waals surface area contributed by atoms with Crippen LogP contribution in [0.3, 0.4) is 0 Å². The molecule has 0 aliphatic carbocycles. The molecular weight excluding hydrogens is 455 g/mol. The largest absolute Gasteiger partial charge is 0.465 e. The van der Waals surface area contributed by atoms with Gasteiger partial charge < -0.3 is 9.47 Å². The van der Waals surface area contributed by atoms with Gasteiger partial charge in [0, 0.05) is 0 Å². The van der Waals surface area contributed by atoms with E-state index in [-0.39, 0.29) is 18.6 Å². The van der Waals surface area contributed by atoms with Gasteiger partial charge in [0.15, 0.2) is 17.0 Å². The van der Waals surface area contributed by atoms with Crippen molar-refractivity contribution in [3.8, 4) is 5.75 Å². The molecule has 0 saturated carbocycles. The summed E-state index contributed by atoms with van der Waals surface area (Å²) in [6.07, 6.45) is 21.0. The van der Waals surface area contributed by atoms with Gasteiger partial charge >= 0.3 is 11.9 Å². The molecule has 0 radical (unpaired) electrons. The first-order valence-corrected chi connectivity index (χ1v) is 14.7. The van der Waals surface area contributed by atoms with E-state index in [2.05, 4.69) is 6.92 Å². The van der Waals surface area contributed by atoms with E-state index in [1.807, 2.05) is 0 Å². The third-order valence-corrected chi connectivity index (χ3v) is 7.26. The smallest absolute Gasteiger partial charge is 0.328 e. The fraction of sp³-hybridized carbons (Fsp3) is 0.742. The first-order chi connectivity index (χ1) is 17.5. The van der Waals surface area contributed by atoms with E-state index in [1.54, 1.807) is 19.9 Å². The second kappa shape index (κ2) is 20.2. The number of ether oxygens (including phenoxy) is 2. The highest BCUT2D eigenvalue weighted by molar-refractivity contribution is 6.00. The monoisotopic (exact) mass is 506 g/mol. The second-order valence-electron chi connectivity index (χ2n) is 10.0. The molecule has 0 heterocycles. The first kappa shape index (κ1) is 32.1. The molecule has 0 unspecified atom stereocenters. The zero-order valence-corrected chi connectivity index (χ0v) is 23.3. The normalized spacial score (nSPS) is 11.4. The van der Waals surface area contributed by atoms with E-state index >= 15 is 0 Å². The summed E-state index contributed by atoms with van der Waals surface area (Å²) in [7, 11) is 0. The molecule has 36 heavy (non-hydrogen) atoms. The second-order valence-corrected chi connectivity index (χ2v) is 10.0. The van der Waals surface area contributed by atoms with Crippen molar-refractivity contribution >= 4 is 11.9 Å². The number of carbonyl (C=O) groups is 2. The Morgan fingerprint density at radius 2 is 1.11 bits per heavy atom. The number of esters is 2. The van der Waals surface area contributed by atoms with Crippen molar-refractivity contribution in [2.75, 3.05) is 6.61 Å². The van der Waals surface area contributed by atoms with Crippen molar-refractivity contribution in [2.45, 2.75) is 136 Å². The highest BCUT2D eigenvalue weighted by Gasteiger charge is 2.46. The van der Waals surface area contributed by atoms with Crippen molar-refractivity contribution in [1.29, 1.82) is 0 Å². The number of unbranched alkanes of at least 4 members (excludes halogenated alkanes) is 15. The molecule has 0 atom stereocenters. The lowest BCUT2D eigenvalue weighted by Crippen LogP contribution is -2.42. The SMILES string of the molecule is CCCCCCCCCCCCCCCCCCOC(=O)C(CC)(CC)C(=O)Oc1ccccc1F. The predicted molar refractivity (Wildman–Crippen MR) is 146 cm³/mol. The van der Waals surface area contributed by atoms with Crippen LogP contribution in [0.5, 0.6) is 5.75 Å². The topological polar surface area (TPSA) is 52.6 Å². The number of benzene rings is 1. The Bertz CT molecular complexity index is 714. The molecule has 1 aromatic rings. The Balaban J connectivity index is 2.12. The molecule has 0 fully saturated rings. The molecule has 206 valence electrons. The standard InChI is InChI=1S/C31H51FO4/c1-4-7-8-9-10-11-12-13-14-15-16-17-18-19-20-23-26-35-29(33)31(5-2,6-3)30(34)36-28-25-22-21-24-27(28)32/h21-22,24-25H,4-20,23,26H2,1-3H3. The van der Waals surface area contributed by atoms with Gasteiger partial charge in [0.05, 0.1) is 6.61 Å². The molecule has 0 bridgehead atoms. The average Bonchev–Trinajstić information content (AvgIpc) is 2.88. The van der Waals surface area contributed by atoms with E-state index in [1.165, 1.54) is 102 Å². The Kier molecular flexibility index (Phi) is 18.0. The number of para-hydroxylation sites is 1. The maximum Gasteiger partial charge on any atom is 0.328 e. The third kappa shape index (κ3) is 12.4. The molecule has 1 rings (SSSR count). The fourth-order valence-electron chi connectivity index (χ4n) is 4.59. The lowest BCUT2D eigenvalue weighted by molar-refractivity contribution is -0.168. The van der Waals surface area contributed by atoms with Gasteiger partial charge in [0.2, 0.25) is 0 Å². The van der Waals surface area contributed by atoms with Crippen LogP contribution in [-0.4, -0.2) is 18.5 Å². The Morgan fingerprint density at radius 3 is 1.56 bits per heavy atom. The van der Waals surface area contributed by atoms with Gasteiger partial charge in [-0.2, -0.15) is 0 Å². The molecule has 1 aromatic carbocycles. The van der Waals surface area contributed by atoms with Crippen LogP contribution >= 0.6 is 0 Å². The maximum atomic E-state index is 13.9. The molecule has 0 aliphatic rings. The minimum atomic E-state index is -1.41. The van der Waals surface area contributed by atoms with Crippen LogP contribution < -0.4 is 4.74 Å². The molecule has 5 heteroatoms. The van der Waals surface area contributed by atoms with Crippen LogP contribution in [0.15, 0.2) is 24.3 Å². The molecule has 0 spiro atoms. The van der Waals surface area contributed by atoms with Crippen LogP contribution in [0.2, 0.25) is 0 Å². The molecule has 0 amide bonds. The number of hydrogen-bond acceptors (Lipinski definition) is 4. The van der Waals surface area contributed by atoms with Gasteiger partial charge in [-0.25, -0.2) is 4.39 Å². The quantitative estimate of drug-likeness (QED) is 0.0680. The zero-order valence-electron chi connectivity index (χ0n) is 23.3. The Hall–Kier alpha value is -1.91. The summed E-state index contributed by atoms with van der Waals surface area (Å²) >= 11 is 0. The third-order valence-electron chi connectivity index (χ3n) is 7.26. The number of halogens is 1. The summed E-state index contributed by atoms with van der Waals surface area (Å²) in [6.45, 7) is 6.07. The summed E-state index contributed by atoms with van der Waals surface area (Å²) in [4.78, 5) is 25.6. The van der Waals surface area contributed by atoms with Gasteiger partial charge in [-0.1, -0.05) is 129 Å². The molecule has 4 nitrogen and oxygen atoms in total. The Morgan fingerprint density at radius 1 is 0.667 bits per heavy atom. The maximum absolute atomic E-state index is 13.9. The van der Waals surface area contributed by atoms with E-state index in [0.29, 0.717) is 6.61 Å². The van der Waals surface area contributed by atoms with Gasteiger partial charge in [0.1, 0.15) is 0 Å². The number of hydrogen-bond donors (Lipinski definition) is 0. The van der Waals surface area contributed by atoms with Crippen molar-refractivity contribution < 1.29 is 23.5 Å². The van der Waals surface area contributed by atoms with Crippen molar-refractivity contribution in [2.24, 2.45) is 5.41 Å². The lowest BCUT2D eigenvalue weighted by Gasteiger charge is -2.26. The van der Waals surface area contributed by atoms with Gasteiger partial charge in [0.25, 0.3) is 0 Å². The summed E-state index contributed by atoms with van der Waals surface area (Å²) in [6, 6.07) is 5.70. The van der Waals surface area contributed by atoms with Crippen molar-refractivity contribution in [3.63, 3.8) is 0 Å². The number of carbonyl (C=O) groups excluding carboxylic acids is 2. The van der Waals surface area contributed by atoms with E-state index in [4.69, 9.17) is 9.47 Å². The van der Waals surface area contributed by atoms with Crippen LogP contribution in [0.1, 0.15) is 136 Å². The summed E-state index contributed by atoms with van der Waals surface area (Å²) < 4.78 is 24.6. The summed E-state index contributed by atoms with van der Waals surface area (Å²) in [5.41, 5.74) is -1.41. The van der Waals surface area contributed by atoms with E-state index in [9.17, 15) is 14.0 Å². The average molecular weight is 507 g/mol. The molecule has 0 saturated heterocycles. The van der Waals surface area contributed by atoms with Gasteiger partial charge in [-0.15, -0.1) is 0 Å². The predicted octanol–water partition coefficient (Wildman–Crippen LogP) is 9.34. The molecule has 0 N–H and O–H groups in total. The van der Waals surface area contributed by atoms with Crippen LogP contribution in [0.4, 0.5) is 4.39 Å². The Labute approximate surface area is 219 Å². The number of rotatable bonds is 22. The highest BCUT2D eigenvalue weighted by Crippen LogP contribution is 2.31. The minimum Gasteiger partial charge on any atom is -0.465 e. The van der Waals surface area contributed by atoms with Crippen LogP contribution in [0, 0.1) is 11.2 Å².